The van der Waals surface area contributed by atoms with Gasteiger partial charge in [0.05, 0.1) is 17.2 Å². The zero-order valence-electron chi connectivity index (χ0n) is 21.2. The van der Waals surface area contributed by atoms with E-state index >= 15 is 0 Å². The molecule has 1 aliphatic rings. The molecular formula is C30H25N3O6. The highest BCUT2D eigenvalue weighted by atomic mass is 16.6. The number of imide groups is 1. The molecule has 1 aliphatic heterocycles. The molecular weight excluding hydrogens is 498 g/mol. The van der Waals surface area contributed by atoms with Gasteiger partial charge in [-0.3, -0.25) is 29.4 Å². The standard InChI is InChI=1S/C30H25N3O6/c1-2-39-26-17-6-5-16-25(26)31(28(34)21-12-3-4-15-24(21)33(37)38)18-9-19-32-29(35)22-13-7-10-20-11-8-14-23(27(20)22)30(32)36/h3-8,10-17H,2,9,18-19H2,1H3. The van der Waals surface area contributed by atoms with Crippen LogP contribution in [0.15, 0.2) is 84.9 Å². The third kappa shape index (κ3) is 4.70. The molecule has 4 aromatic carbocycles. The third-order valence-corrected chi connectivity index (χ3v) is 6.65. The van der Waals surface area contributed by atoms with Crippen molar-refractivity contribution >= 4 is 39.9 Å². The van der Waals surface area contributed by atoms with E-state index in [1.807, 2.05) is 19.1 Å². The van der Waals surface area contributed by atoms with Crippen LogP contribution in [-0.2, 0) is 0 Å². The Morgan fingerprint density at radius 3 is 2.21 bits per heavy atom. The Morgan fingerprint density at radius 1 is 0.897 bits per heavy atom. The lowest BCUT2D eigenvalue weighted by Gasteiger charge is -2.29. The maximum Gasteiger partial charge on any atom is 0.282 e. The number of nitro groups is 1. The van der Waals surface area contributed by atoms with Crippen LogP contribution in [0.4, 0.5) is 11.4 Å². The Balaban J connectivity index is 1.45. The van der Waals surface area contributed by atoms with Crippen molar-refractivity contribution < 1.29 is 24.0 Å². The van der Waals surface area contributed by atoms with Crippen LogP contribution in [0, 0.1) is 10.1 Å². The first kappa shape index (κ1) is 25.6. The molecule has 0 bridgehead atoms. The minimum absolute atomic E-state index is 0.0554. The smallest absolute Gasteiger partial charge is 0.282 e. The van der Waals surface area contributed by atoms with Gasteiger partial charge in [-0.05, 0) is 49.1 Å². The highest BCUT2D eigenvalue weighted by molar-refractivity contribution is 6.25. The van der Waals surface area contributed by atoms with Gasteiger partial charge in [-0.1, -0.05) is 48.5 Å². The van der Waals surface area contributed by atoms with E-state index in [-0.39, 0.29) is 30.8 Å². The fourth-order valence-electron chi connectivity index (χ4n) is 4.92. The Hall–Kier alpha value is -5.05. The Kier molecular flexibility index (Phi) is 7.05. The van der Waals surface area contributed by atoms with Gasteiger partial charge in [0.25, 0.3) is 23.4 Å². The van der Waals surface area contributed by atoms with Gasteiger partial charge in [0, 0.05) is 35.7 Å². The minimum atomic E-state index is -0.594. The van der Waals surface area contributed by atoms with E-state index in [2.05, 4.69) is 0 Å². The van der Waals surface area contributed by atoms with Gasteiger partial charge < -0.3 is 9.64 Å². The summed E-state index contributed by atoms with van der Waals surface area (Å²) in [7, 11) is 0. The van der Waals surface area contributed by atoms with Gasteiger partial charge in [-0.25, -0.2) is 0 Å². The van der Waals surface area contributed by atoms with Crippen LogP contribution in [0.25, 0.3) is 10.8 Å². The summed E-state index contributed by atoms with van der Waals surface area (Å²) in [6.45, 7) is 2.31. The van der Waals surface area contributed by atoms with E-state index in [1.165, 1.54) is 28.0 Å². The minimum Gasteiger partial charge on any atom is -0.492 e. The van der Waals surface area contributed by atoms with Gasteiger partial charge in [-0.15, -0.1) is 0 Å². The van der Waals surface area contributed by atoms with Crippen molar-refractivity contribution in [1.29, 1.82) is 0 Å². The average molecular weight is 524 g/mol. The van der Waals surface area contributed by atoms with E-state index < -0.39 is 22.6 Å². The predicted molar refractivity (Wildman–Crippen MR) is 146 cm³/mol. The zero-order chi connectivity index (χ0) is 27.5. The molecule has 0 atom stereocenters. The number of carbonyl (C=O) groups is 3. The second-order valence-corrected chi connectivity index (χ2v) is 8.96. The maximum atomic E-state index is 13.7. The first-order chi connectivity index (χ1) is 18.9. The van der Waals surface area contributed by atoms with Gasteiger partial charge in [0.1, 0.15) is 11.3 Å². The number of hydrogen-bond donors (Lipinski definition) is 0. The SMILES string of the molecule is CCOc1ccccc1N(CCCN1C(=O)c2cccc3cccc(c23)C1=O)C(=O)c1ccccc1[N+](=O)[O-]. The Bertz CT molecular complexity index is 1560. The van der Waals surface area contributed by atoms with E-state index in [0.717, 1.165) is 5.39 Å². The van der Waals surface area contributed by atoms with Crippen LogP contribution in [0.2, 0.25) is 0 Å². The van der Waals surface area contributed by atoms with Crippen LogP contribution in [0.1, 0.15) is 44.4 Å². The summed E-state index contributed by atoms with van der Waals surface area (Å²) >= 11 is 0. The lowest BCUT2D eigenvalue weighted by molar-refractivity contribution is -0.385. The van der Waals surface area contributed by atoms with Crippen molar-refractivity contribution in [3.05, 3.63) is 112 Å². The molecule has 0 saturated carbocycles. The number of rotatable bonds is 9. The van der Waals surface area contributed by atoms with Crippen LogP contribution < -0.4 is 9.64 Å². The fourth-order valence-corrected chi connectivity index (χ4v) is 4.92. The third-order valence-electron chi connectivity index (χ3n) is 6.65. The molecule has 4 aromatic rings. The summed E-state index contributed by atoms with van der Waals surface area (Å²) in [5, 5.41) is 13.1. The number of nitro benzene ring substituents is 1. The van der Waals surface area contributed by atoms with Crippen molar-refractivity contribution in [3.8, 4) is 5.75 Å². The number of para-hydroxylation sites is 3. The van der Waals surface area contributed by atoms with E-state index in [9.17, 15) is 24.5 Å². The van der Waals surface area contributed by atoms with Crippen LogP contribution in [0.3, 0.4) is 0 Å². The van der Waals surface area contributed by atoms with Crippen molar-refractivity contribution in [1.82, 2.24) is 4.90 Å². The largest absolute Gasteiger partial charge is 0.492 e. The van der Waals surface area contributed by atoms with Crippen molar-refractivity contribution in [2.75, 3.05) is 24.6 Å². The molecule has 0 fully saturated rings. The molecule has 0 spiro atoms. The normalized spacial score (nSPS) is 12.5. The monoisotopic (exact) mass is 523 g/mol. The molecule has 9 heteroatoms. The zero-order valence-corrected chi connectivity index (χ0v) is 21.2. The van der Waals surface area contributed by atoms with Crippen molar-refractivity contribution in [2.45, 2.75) is 13.3 Å². The van der Waals surface area contributed by atoms with Gasteiger partial charge >= 0.3 is 0 Å². The lowest BCUT2D eigenvalue weighted by Crippen LogP contribution is -2.42. The highest BCUT2D eigenvalue weighted by Crippen LogP contribution is 2.33. The maximum absolute atomic E-state index is 13.7. The van der Waals surface area contributed by atoms with Crippen molar-refractivity contribution in [3.63, 3.8) is 0 Å². The number of anilines is 1. The molecule has 196 valence electrons. The molecule has 0 aliphatic carbocycles. The van der Waals surface area contributed by atoms with E-state index in [1.54, 1.807) is 54.6 Å². The van der Waals surface area contributed by atoms with Crippen molar-refractivity contribution in [2.24, 2.45) is 0 Å². The Morgan fingerprint density at radius 2 is 1.54 bits per heavy atom. The summed E-state index contributed by atoms with van der Waals surface area (Å²) in [4.78, 5) is 54.0. The fraction of sp³-hybridized carbons (Fsp3) is 0.167. The first-order valence-corrected chi connectivity index (χ1v) is 12.6. The summed E-state index contributed by atoms with van der Waals surface area (Å²) in [6, 6.07) is 23.4. The number of nitrogens with zero attached hydrogens (tertiary/aromatic N) is 3. The molecule has 0 saturated heterocycles. The number of carbonyl (C=O) groups excluding carboxylic acids is 3. The lowest BCUT2D eigenvalue weighted by atomic mass is 9.94. The summed E-state index contributed by atoms with van der Waals surface area (Å²) < 4.78 is 5.74. The van der Waals surface area contributed by atoms with Gasteiger partial charge in [-0.2, -0.15) is 0 Å². The predicted octanol–water partition coefficient (Wildman–Crippen LogP) is 5.48. The Labute approximate surface area is 224 Å². The number of amides is 3. The second kappa shape index (κ2) is 10.7. The number of hydrogen-bond acceptors (Lipinski definition) is 6. The highest BCUT2D eigenvalue weighted by Gasteiger charge is 2.33. The molecule has 39 heavy (non-hydrogen) atoms. The number of ether oxygens (including phenoxy) is 1. The molecule has 5 rings (SSSR count). The molecule has 1 heterocycles. The van der Waals surface area contributed by atoms with Gasteiger partial charge in [0.2, 0.25) is 0 Å². The summed E-state index contributed by atoms with van der Waals surface area (Å²) in [6.07, 6.45) is 0.239. The molecule has 0 radical (unpaired) electrons. The number of benzene rings is 4. The molecule has 9 nitrogen and oxygen atoms in total. The summed E-state index contributed by atoms with van der Waals surface area (Å²) in [5.74, 6) is -0.926. The quantitative estimate of drug-likeness (QED) is 0.163. The first-order valence-electron chi connectivity index (χ1n) is 12.6. The topological polar surface area (TPSA) is 110 Å². The van der Waals surface area contributed by atoms with E-state index in [0.29, 0.717) is 34.6 Å². The molecule has 0 N–H and O–H groups in total. The van der Waals surface area contributed by atoms with E-state index in [4.69, 9.17) is 4.74 Å². The average Bonchev–Trinajstić information content (AvgIpc) is 2.96. The van der Waals surface area contributed by atoms with Gasteiger partial charge in [0.15, 0.2) is 0 Å². The van der Waals surface area contributed by atoms with Crippen LogP contribution in [-0.4, -0.2) is 47.2 Å². The van der Waals surface area contributed by atoms with Crippen LogP contribution >= 0.6 is 0 Å². The summed E-state index contributed by atoms with van der Waals surface area (Å²) in [5.41, 5.74) is 0.968. The van der Waals surface area contributed by atoms with Crippen LogP contribution in [0.5, 0.6) is 5.75 Å². The molecule has 0 unspecified atom stereocenters. The molecule has 0 aromatic heterocycles. The molecule has 3 amide bonds. The second-order valence-electron chi connectivity index (χ2n) is 8.96.